The molecule has 3 aliphatic heterocycles. The maximum absolute atomic E-state index is 13.1. The highest BCUT2D eigenvalue weighted by Crippen LogP contribution is 2.39. The number of carbonyl (C=O) groups excluding carboxylic acids is 2. The lowest BCUT2D eigenvalue weighted by molar-refractivity contribution is -0.145. The quantitative estimate of drug-likeness (QED) is 0.588. The minimum atomic E-state index is -4.58. The molecular weight excluding hydrogens is 447 g/mol. The van der Waals surface area contributed by atoms with Gasteiger partial charge in [0.15, 0.2) is 11.9 Å². The number of rotatable bonds is 5. The van der Waals surface area contributed by atoms with Crippen molar-refractivity contribution in [1.82, 2.24) is 15.2 Å². The fourth-order valence-corrected chi connectivity index (χ4v) is 4.19. The lowest BCUT2D eigenvalue weighted by atomic mass is 10.0. The number of amides is 2. The van der Waals surface area contributed by atoms with Gasteiger partial charge in [0.2, 0.25) is 0 Å². The Morgan fingerprint density at radius 3 is 2.91 bits per heavy atom. The van der Waals surface area contributed by atoms with Crippen LogP contribution in [0.1, 0.15) is 5.56 Å². The van der Waals surface area contributed by atoms with Crippen molar-refractivity contribution in [3.05, 3.63) is 17.8 Å². The van der Waals surface area contributed by atoms with Gasteiger partial charge >= 0.3 is 6.18 Å². The summed E-state index contributed by atoms with van der Waals surface area (Å²) in [6.07, 6.45) is -5.23. The number of anilines is 2. The second-order valence-corrected chi connectivity index (χ2v) is 8.23. The van der Waals surface area contributed by atoms with Gasteiger partial charge in [-0.3, -0.25) is 9.59 Å². The van der Waals surface area contributed by atoms with E-state index in [4.69, 9.17) is 9.47 Å². The molecule has 4 rings (SSSR count). The van der Waals surface area contributed by atoms with E-state index in [1.807, 2.05) is 0 Å². The summed E-state index contributed by atoms with van der Waals surface area (Å²) in [5.74, 6) is -0.757. The number of aromatic nitrogens is 1. The van der Waals surface area contributed by atoms with Crippen LogP contribution in [0.25, 0.3) is 0 Å². The first kappa shape index (κ1) is 23.7. The number of pyridine rings is 1. The van der Waals surface area contributed by atoms with Crippen LogP contribution in [-0.2, 0) is 25.2 Å². The molecule has 2 fully saturated rings. The molecule has 2 amide bonds. The number of aliphatic hydroxyl groups is 1. The third-order valence-electron chi connectivity index (χ3n) is 5.99. The molecule has 2 unspecified atom stereocenters. The first-order valence-corrected chi connectivity index (χ1v) is 10.6. The molecule has 4 heterocycles. The Balaban J connectivity index is 1.39. The normalized spacial score (nSPS) is 24.4. The number of likely N-dealkylation sites (N-methyl/N-ethyl adjacent to an activating group) is 1. The molecule has 13 heteroatoms. The summed E-state index contributed by atoms with van der Waals surface area (Å²) in [5.41, 5.74) is -0.870. The van der Waals surface area contributed by atoms with E-state index in [-0.39, 0.29) is 50.4 Å². The molecule has 182 valence electrons. The van der Waals surface area contributed by atoms with Crippen LogP contribution in [0.4, 0.5) is 24.7 Å². The molecule has 0 aliphatic carbocycles. The summed E-state index contributed by atoms with van der Waals surface area (Å²) in [6.45, 7) is 2.28. The zero-order chi connectivity index (χ0) is 23.8. The van der Waals surface area contributed by atoms with E-state index in [0.29, 0.717) is 19.8 Å². The summed E-state index contributed by atoms with van der Waals surface area (Å²) >= 11 is 0. The molecule has 0 aromatic carbocycles. The average Bonchev–Trinajstić information content (AvgIpc) is 2.81. The third-order valence-corrected chi connectivity index (χ3v) is 5.99. The lowest BCUT2D eigenvalue weighted by Crippen LogP contribution is -2.64. The summed E-state index contributed by atoms with van der Waals surface area (Å²) < 4.78 is 50.0. The summed E-state index contributed by atoms with van der Waals surface area (Å²) in [5, 5.41) is 13.5. The topological polar surface area (TPSA) is 107 Å². The van der Waals surface area contributed by atoms with Crippen LogP contribution in [0.5, 0.6) is 0 Å². The highest BCUT2D eigenvalue weighted by Gasteiger charge is 2.44. The summed E-state index contributed by atoms with van der Waals surface area (Å²) in [6, 6.07) is 0.0907. The second kappa shape index (κ2) is 9.41. The highest BCUT2D eigenvalue weighted by atomic mass is 19.4. The van der Waals surface area contributed by atoms with E-state index in [9.17, 15) is 27.9 Å². The maximum Gasteiger partial charge on any atom is 0.417 e. The van der Waals surface area contributed by atoms with E-state index < -0.39 is 35.7 Å². The number of aliphatic hydroxyl groups excluding tert-OH is 1. The Morgan fingerprint density at radius 1 is 1.42 bits per heavy atom. The van der Waals surface area contributed by atoms with Gasteiger partial charge in [-0.05, 0) is 6.07 Å². The molecule has 3 atom stereocenters. The van der Waals surface area contributed by atoms with Gasteiger partial charge in [-0.25, -0.2) is 4.98 Å². The van der Waals surface area contributed by atoms with E-state index in [1.54, 1.807) is 4.90 Å². The Bertz CT molecular complexity index is 895. The molecule has 1 aromatic heterocycles. The van der Waals surface area contributed by atoms with Crippen molar-refractivity contribution in [3.8, 4) is 0 Å². The molecular formula is C20H26F3N5O5. The number of morpholine rings is 1. The number of ether oxygens (including phenoxy) is 2. The Morgan fingerprint density at radius 2 is 2.21 bits per heavy atom. The number of hydrogen-bond donors (Lipinski definition) is 2. The average molecular weight is 473 g/mol. The number of alkyl halides is 3. The number of nitrogens with one attached hydrogen (secondary N) is 1. The molecule has 0 spiro atoms. The van der Waals surface area contributed by atoms with Gasteiger partial charge in [-0.1, -0.05) is 0 Å². The van der Waals surface area contributed by atoms with Crippen LogP contribution in [-0.4, -0.2) is 105 Å². The first-order chi connectivity index (χ1) is 15.7. The van der Waals surface area contributed by atoms with Crippen molar-refractivity contribution >= 4 is 23.3 Å². The fraction of sp³-hybridized carbons (Fsp3) is 0.650. The van der Waals surface area contributed by atoms with Crippen molar-refractivity contribution < 1.29 is 37.3 Å². The van der Waals surface area contributed by atoms with Crippen molar-refractivity contribution in [3.63, 3.8) is 0 Å². The number of fused-ring (bicyclic) bond motifs is 3. The Labute approximate surface area is 188 Å². The molecule has 1 aromatic rings. The minimum absolute atomic E-state index is 0.00887. The number of hydrogen-bond acceptors (Lipinski definition) is 8. The molecule has 33 heavy (non-hydrogen) atoms. The van der Waals surface area contributed by atoms with E-state index in [1.165, 1.54) is 11.9 Å². The van der Waals surface area contributed by atoms with Crippen LogP contribution in [0.2, 0.25) is 0 Å². The van der Waals surface area contributed by atoms with Crippen LogP contribution in [0, 0.1) is 0 Å². The van der Waals surface area contributed by atoms with Crippen LogP contribution >= 0.6 is 0 Å². The zero-order valence-corrected chi connectivity index (χ0v) is 18.0. The predicted octanol–water partition coefficient (Wildman–Crippen LogP) is -0.540. The van der Waals surface area contributed by atoms with Gasteiger partial charge in [-0.15, -0.1) is 0 Å². The van der Waals surface area contributed by atoms with Gasteiger partial charge in [0.1, 0.15) is 6.04 Å². The molecule has 10 nitrogen and oxygen atoms in total. The molecule has 2 N–H and O–H groups in total. The van der Waals surface area contributed by atoms with Gasteiger partial charge < -0.3 is 34.6 Å². The van der Waals surface area contributed by atoms with Gasteiger partial charge in [0, 0.05) is 32.9 Å². The van der Waals surface area contributed by atoms with E-state index >= 15 is 0 Å². The van der Waals surface area contributed by atoms with Crippen molar-refractivity contribution in [1.29, 1.82) is 0 Å². The standard InChI is InChI=1S/C20H26F3N5O5/c1-26-14-6-12(20(21,22)23)7-25-17(14)28-4-3-27(8-15(28)18(26)30)19(31)16(29)11-33-10-13-9-32-5-2-24-13/h6-7,13,15-16,24,29H,2-5,8-11H2,1H3/t13-,15?,16?/m1/s1. The minimum Gasteiger partial charge on any atom is -0.381 e. The Kier molecular flexibility index (Phi) is 6.75. The number of nitrogens with zero attached hydrogens (tertiary/aromatic N) is 4. The van der Waals surface area contributed by atoms with Gasteiger partial charge in [0.05, 0.1) is 50.3 Å². The van der Waals surface area contributed by atoms with Crippen LogP contribution < -0.4 is 15.1 Å². The second-order valence-electron chi connectivity index (χ2n) is 8.23. The van der Waals surface area contributed by atoms with Gasteiger partial charge in [0.25, 0.3) is 11.8 Å². The van der Waals surface area contributed by atoms with Crippen LogP contribution in [0.3, 0.4) is 0 Å². The maximum atomic E-state index is 13.1. The van der Waals surface area contributed by atoms with Gasteiger partial charge in [-0.2, -0.15) is 13.2 Å². The largest absolute Gasteiger partial charge is 0.417 e. The fourth-order valence-electron chi connectivity index (χ4n) is 4.19. The van der Waals surface area contributed by atoms with Crippen molar-refractivity contribution in [2.45, 2.75) is 24.4 Å². The Hall–Kier alpha value is -2.48. The highest BCUT2D eigenvalue weighted by molar-refractivity contribution is 6.05. The predicted molar refractivity (Wildman–Crippen MR) is 110 cm³/mol. The summed E-state index contributed by atoms with van der Waals surface area (Å²) in [7, 11) is 1.38. The molecule has 0 bridgehead atoms. The number of halogens is 3. The van der Waals surface area contributed by atoms with Crippen molar-refractivity contribution in [2.75, 3.05) is 69.5 Å². The summed E-state index contributed by atoms with van der Waals surface area (Å²) in [4.78, 5) is 33.7. The van der Waals surface area contributed by atoms with E-state index in [2.05, 4.69) is 10.3 Å². The third kappa shape index (κ3) is 4.90. The molecule has 2 saturated heterocycles. The molecule has 0 saturated carbocycles. The first-order valence-electron chi connectivity index (χ1n) is 10.6. The molecule has 3 aliphatic rings. The number of piperazine rings is 1. The smallest absolute Gasteiger partial charge is 0.381 e. The lowest BCUT2D eigenvalue weighted by Gasteiger charge is -2.46. The zero-order valence-electron chi connectivity index (χ0n) is 18.0. The SMILES string of the molecule is CN1C(=O)C2CN(C(=O)C(O)COC[C@H]3COCCN3)CCN2c2ncc(C(F)(F)F)cc21. The monoisotopic (exact) mass is 473 g/mol. The number of carbonyl (C=O) groups is 2. The molecule has 0 radical (unpaired) electrons. The van der Waals surface area contributed by atoms with Crippen molar-refractivity contribution in [2.24, 2.45) is 0 Å². The van der Waals surface area contributed by atoms with E-state index in [0.717, 1.165) is 17.2 Å². The van der Waals surface area contributed by atoms with Crippen LogP contribution in [0.15, 0.2) is 12.3 Å².